The molecule has 106 valence electrons. The standard InChI is InChI=1S/C15H24N2O2/c1-11(2)17-15(18)9-10-16-12(3)13-5-7-14(19-4)8-6-13/h5-8,11-12,16H,9-10H2,1-4H3,(H,17,18)/t12-/m0/s1. The highest BCUT2D eigenvalue weighted by molar-refractivity contribution is 5.76. The number of carbonyl (C=O) groups is 1. The van der Waals surface area contributed by atoms with Crippen LogP contribution < -0.4 is 15.4 Å². The van der Waals surface area contributed by atoms with E-state index in [1.807, 2.05) is 38.1 Å². The first-order valence-electron chi connectivity index (χ1n) is 6.69. The van der Waals surface area contributed by atoms with E-state index in [1.165, 1.54) is 5.56 Å². The predicted octanol–water partition coefficient (Wildman–Crippen LogP) is 2.26. The lowest BCUT2D eigenvalue weighted by Gasteiger charge is -2.15. The highest BCUT2D eigenvalue weighted by atomic mass is 16.5. The molecule has 0 radical (unpaired) electrons. The van der Waals surface area contributed by atoms with Gasteiger partial charge in [0.1, 0.15) is 5.75 Å². The normalized spacial score (nSPS) is 12.3. The molecule has 0 aliphatic carbocycles. The Labute approximate surface area is 115 Å². The minimum Gasteiger partial charge on any atom is -0.497 e. The summed E-state index contributed by atoms with van der Waals surface area (Å²) in [5, 5.41) is 6.21. The SMILES string of the molecule is COc1ccc([C@H](C)NCCC(=O)NC(C)C)cc1. The van der Waals surface area contributed by atoms with Gasteiger partial charge in [0.2, 0.25) is 5.91 Å². The second-order valence-corrected chi connectivity index (χ2v) is 4.92. The summed E-state index contributed by atoms with van der Waals surface area (Å²) >= 11 is 0. The molecular weight excluding hydrogens is 240 g/mol. The Balaban J connectivity index is 2.34. The number of hydrogen-bond donors (Lipinski definition) is 2. The fourth-order valence-electron chi connectivity index (χ4n) is 1.81. The van der Waals surface area contributed by atoms with E-state index in [1.54, 1.807) is 7.11 Å². The molecule has 2 N–H and O–H groups in total. The number of amides is 1. The Morgan fingerprint density at radius 3 is 2.37 bits per heavy atom. The number of methoxy groups -OCH3 is 1. The molecule has 0 aromatic heterocycles. The molecule has 19 heavy (non-hydrogen) atoms. The van der Waals surface area contributed by atoms with Crippen molar-refractivity contribution in [2.24, 2.45) is 0 Å². The van der Waals surface area contributed by atoms with Gasteiger partial charge in [-0.3, -0.25) is 4.79 Å². The van der Waals surface area contributed by atoms with Crippen molar-refractivity contribution < 1.29 is 9.53 Å². The largest absolute Gasteiger partial charge is 0.497 e. The zero-order chi connectivity index (χ0) is 14.3. The minimum absolute atomic E-state index is 0.0874. The van der Waals surface area contributed by atoms with Crippen molar-refractivity contribution in [1.82, 2.24) is 10.6 Å². The first-order chi connectivity index (χ1) is 9.02. The van der Waals surface area contributed by atoms with E-state index in [4.69, 9.17) is 4.74 Å². The van der Waals surface area contributed by atoms with Crippen molar-refractivity contribution in [2.45, 2.75) is 39.3 Å². The van der Waals surface area contributed by atoms with Gasteiger partial charge < -0.3 is 15.4 Å². The Kier molecular flexibility index (Phi) is 6.36. The maximum absolute atomic E-state index is 11.5. The lowest BCUT2D eigenvalue weighted by atomic mass is 10.1. The van der Waals surface area contributed by atoms with Crippen LogP contribution in [0.1, 0.15) is 38.8 Å². The molecule has 0 saturated carbocycles. The van der Waals surface area contributed by atoms with Crippen LogP contribution in [0.2, 0.25) is 0 Å². The van der Waals surface area contributed by atoms with Crippen LogP contribution in [0, 0.1) is 0 Å². The highest BCUT2D eigenvalue weighted by Gasteiger charge is 2.07. The van der Waals surface area contributed by atoms with E-state index in [0.717, 1.165) is 5.75 Å². The molecule has 0 fully saturated rings. The van der Waals surface area contributed by atoms with Gasteiger partial charge in [0, 0.05) is 25.0 Å². The van der Waals surface area contributed by atoms with Gasteiger partial charge in [-0.15, -0.1) is 0 Å². The minimum atomic E-state index is 0.0874. The van der Waals surface area contributed by atoms with Gasteiger partial charge in [-0.1, -0.05) is 12.1 Å². The second kappa shape index (κ2) is 7.79. The molecule has 4 heteroatoms. The average Bonchev–Trinajstić information content (AvgIpc) is 2.37. The molecule has 0 bridgehead atoms. The smallest absolute Gasteiger partial charge is 0.221 e. The van der Waals surface area contributed by atoms with Gasteiger partial charge in [-0.2, -0.15) is 0 Å². The fourth-order valence-corrected chi connectivity index (χ4v) is 1.81. The summed E-state index contributed by atoms with van der Waals surface area (Å²) in [5.41, 5.74) is 1.19. The summed E-state index contributed by atoms with van der Waals surface area (Å²) in [6.07, 6.45) is 0.499. The van der Waals surface area contributed by atoms with Crippen LogP contribution in [0.5, 0.6) is 5.75 Å². The van der Waals surface area contributed by atoms with E-state index in [9.17, 15) is 4.79 Å². The van der Waals surface area contributed by atoms with E-state index in [0.29, 0.717) is 13.0 Å². The zero-order valence-corrected chi connectivity index (χ0v) is 12.2. The quantitative estimate of drug-likeness (QED) is 0.794. The van der Waals surface area contributed by atoms with E-state index in [2.05, 4.69) is 17.6 Å². The van der Waals surface area contributed by atoms with Crippen LogP contribution in [-0.4, -0.2) is 25.6 Å². The van der Waals surface area contributed by atoms with Crippen LogP contribution in [0.3, 0.4) is 0 Å². The third-order valence-corrected chi connectivity index (χ3v) is 2.87. The van der Waals surface area contributed by atoms with Gasteiger partial charge in [0.25, 0.3) is 0 Å². The van der Waals surface area contributed by atoms with Gasteiger partial charge in [0.15, 0.2) is 0 Å². The predicted molar refractivity (Wildman–Crippen MR) is 77.3 cm³/mol. The van der Waals surface area contributed by atoms with Crippen molar-refractivity contribution in [2.75, 3.05) is 13.7 Å². The number of benzene rings is 1. The van der Waals surface area contributed by atoms with Gasteiger partial charge in [-0.05, 0) is 38.5 Å². The summed E-state index contributed by atoms with van der Waals surface area (Å²) in [4.78, 5) is 11.5. The topological polar surface area (TPSA) is 50.4 Å². The third kappa shape index (κ3) is 5.75. The molecule has 1 aromatic rings. The molecular formula is C15H24N2O2. The molecule has 0 aliphatic heterocycles. The first kappa shape index (κ1) is 15.5. The molecule has 4 nitrogen and oxygen atoms in total. The van der Waals surface area contributed by atoms with Crippen LogP contribution in [0.4, 0.5) is 0 Å². The second-order valence-electron chi connectivity index (χ2n) is 4.92. The summed E-state index contributed by atoms with van der Waals surface area (Å²) < 4.78 is 5.13. The third-order valence-electron chi connectivity index (χ3n) is 2.87. The van der Waals surface area contributed by atoms with Gasteiger partial charge >= 0.3 is 0 Å². The van der Waals surface area contributed by atoms with E-state index >= 15 is 0 Å². The molecule has 0 unspecified atom stereocenters. The number of nitrogens with one attached hydrogen (secondary N) is 2. The van der Waals surface area contributed by atoms with Crippen LogP contribution in [-0.2, 0) is 4.79 Å². The molecule has 0 heterocycles. The summed E-state index contributed by atoms with van der Waals surface area (Å²) in [6.45, 7) is 6.69. The Bertz CT molecular complexity index is 388. The highest BCUT2D eigenvalue weighted by Crippen LogP contribution is 2.16. The van der Waals surface area contributed by atoms with E-state index < -0.39 is 0 Å². The van der Waals surface area contributed by atoms with Crippen LogP contribution in [0.25, 0.3) is 0 Å². The van der Waals surface area contributed by atoms with Crippen LogP contribution in [0.15, 0.2) is 24.3 Å². The molecule has 0 spiro atoms. The van der Waals surface area contributed by atoms with Gasteiger partial charge in [0.05, 0.1) is 7.11 Å². The van der Waals surface area contributed by atoms with Crippen molar-refractivity contribution in [3.63, 3.8) is 0 Å². The lowest BCUT2D eigenvalue weighted by Crippen LogP contribution is -2.33. The number of ether oxygens (including phenoxy) is 1. The van der Waals surface area contributed by atoms with Crippen LogP contribution >= 0.6 is 0 Å². The summed E-state index contributed by atoms with van der Waals surface area (Å²) in [5.74, 6) is 0.941. The molecule has 0 saturated heterocycles. The number of hydrogen-bond acceptors (Lipinski definition) is 3. The first-order valence-corrected chi connectivity index (χ1v) is 6.69. The summed E-state index contributed by atoms with van der Waals surface area (Å²) in [6, 6.07) is 8.37. The number of carbonyl (C=O) groups excluding carboxylic acids is 1. The van der Waals surface area contributed by atoms with E-state index in [-0.39, 0.29) is 18.0 Å². The monoisotopic (exact) mass is 264 g/mol. The average molecular weight is 264 g/mol. The molecule has 1 amide bonds. The zero-order valence-electron chi connectivity index (χ0n) is 12.2. The van der Waals surface area contributed by atoms with Crippen molar-refractivity contribution in [1.29, 1.82) is 0 Å². The molecule has 0 aliphatic rings. The number of rotatable bonds is 7. The van der Waals surface area contributed by atoms with Gasteiger partial charge in [-0.25, -0.2) is 0 Å². The molecule has 1 aromatic carbocycles. The van der Waals surface area contributed by atoms with Crippen molar-refractivity contribution >= 4 is 5.91 Å². The lowest BCUT2D eigenvalue weighted by molar-refractivity contribution is -0.121. The maximum Gasteiger partial charge on any atom is 0.221 e. The van der Waals surface area contributed by atoms with Crippen molar-refractivity contribution in [3.05, 3.63) is 29.8 Å². The summed E-state index contributed by atoms with van der Waals surface area (Å²) in [7, 11) is 1.66. The maximum atomic E-state index is 11.5. The Morgan fingerprint density at radius 1 is 1.21 bits per heavy atom. The Hall–Kier alpha value is -1.55. The van der Waals surface area contributed by atoms with Crippen molar-refractivity contribution in [3.8, 4) is 5.75 Å². The molecule has 1 rings (SSSR count). The molecule has 1 atom stereocenters. The Morgan fingerprint density at radius 2 is 1.84 bits per heavy atom. The fraction of sp³-hybridized carbons (Fsp3) is 0.533.